The normalized spacial score (nSPS) is 26.3. The van der Waals surface area contributed by atoms with Gasteiger partial charge in [0, 0.05) is 7.11 Å². The van der Waals surface area contributed by atoms with Gasteiger partial charge in [-0.2, -0.15) is 0 Å². The molecule has 1 aliphatic rings. The smallest absolute Gasteiger partial charge is 0.132 e. The van der Waals surface area contributed by atoms with Crippen LogP contribution in [0.5, 0.6) is 5.75 Å². The number of aliphatic hydroxyl groups is 4. The van der Waals surface area contributed by atoms with E-state index in [2.05, 4.69) is 26.0 Å². The summed E-state index contributed by atoms with van der Waals surface area (Å²) in [7, 11) is 1.70. The highest BCUT2D eigenvalue weighted by Crippen LogP contribution is 2.34. The van der Waals surface area contributed by atoms with Gasteiger partial charge in [-0.15, -0.1) is 0 Å². The Bertz CT molecular complexity index is 921. The zero-order valence-corrected chi connectivity index (χ0v) is 21.2. The van der Waals surface area contributed by atoms with E-state index in [1.54, 1.807) is 7.11 Å². The van der Waals surface area contributed by atoms with Gasteiger partial charge in [0.1, 0.15) is 41.9 Å². The van der Waals surface area contributed by atoms with Crippen LogP contribution in [-0.4, -0.2) is 70.8 Å². The van der Waals surface area contributed by atoms with E-state index in [1.807, 2.05) is 37.3 Å². The molecule has 7 nitrogen and oxygen atoms in total. The largest absolute Gasteiger partial charge is 0.485 e. The van der Waals surface area contributed by atoms with Crippen LogP contribution in [0.2, 0.25) is 0 Å². The molecular weight excluding hydrogens is 448 g/mol. The summed E-state index contributed by atoms with van der Waals surface area (Å²) in [6.45, 7) is 6.38. The van der Waals surface area contributed by atoms with Gasteiger partial charge in [0.15, 0.2) is 0 Å². The lowest BCUT2D eigenvalue weighted by molar-refractivity contribution is -0.231. The van der Waals surface area contributed by atoms with Crippen LogP contribution in [0.1, 0.15) is 61.5 Å². The molecule has 1 aliphatic heterocycles. The Morgan fingerprint density at radius 1 is 0.971 bits per heavy atom. The van der Waals surface area contributed by atoms with Crippen molar-refractivity contribution >= 4 is 0 Å². The summed E-state index contributed by atoms with van der Waals surface area (Å²) in [4.78, 5) is 0. The van der Waals surface area contributed by atoms with E-state index in [9.17, 15) is 20.4 Å². The second-order valence-corrected chi connectivity index (χ2v) is 9.58. The van der Waals surface area contributed by atoms with Crippen LogP contribution in [-0.2, 0) is 15.9 Å². The fourth-order valence-corrected chi connectivity index (χ4v) is 4.80. The van der Waals surface area contributed by atoms with Gasteiger partial charge in [0.2, 0.25) is 0 Å². The van der Waals surface area contributed by atoms with Crippen LogP contribution in [0, 0.1) is 6.92 Å². The van der Waals surface area contributed by atoms with Gasteiger partial charge in [-0.1, -0.05) is 50.6 Å². The number of methoxy groups -OCH3 is 1. The maximum atomic E-state index is 10.5. The fraction of sp³-hybridized carbons (Fsp3) is 0.571. The van der Waals surface area contributed by atoms with Gasteiger partial charge in [0.25, 0.3) is 0 Å². The average molecular weight is 489 g/mol. The summed E-state index contributed by atoms with van der Waals surface area (Å²) < 4.78 is 17.6. The lowest BCUT2D eigenvalue weighted by Crippen LogP contribution is -2.55. The van der Waals surface area contributed by atoms with Crippen molar-refractivity contribution in [3.05, 3.63) is 64.7 Å². The molecule has 4 N–H and O–H groups in total. The Hall–Kier alpha value is -2.00. The summed E-state index contributed by atoms with van der Waals surface area (Å²) in [6.07, 6.45) is -2.38. The summed E-state index contributed by atoms with van der Waals surface area (Å²) in [5, 5.41) is 40.2. The molecule has 0 aromatic heterocycles. The number of hydrogen-bond acceptors (Lipinski definition) is 7. The van der Waals surface area contributed by atoms with Crippen molar-refractivity contribution in [3.63, 3.8) is 0 Å². The van der Waals surface area contributed by atoms with Gasteiger partial charge < -0.3 is 34.6 Å². The number of hydrogen-bond donors (Lipinski definition) is 4. The molecule has 1 saturated heterocycles. The van der Waals surface area contributed by atoms with Crippen LogP contribution in [0.25, 0.3) is 0 Å². The van der Waals surface area contributed by atoms with E-state index >= 15 is 0 Å². The lowest BCUT2D eigenvalue weighted by Gasteiger charge is -2.40. The zero-order valence-electron chi connectivity index (χ0n) is 21.2. The molecule has 0 saturated carbocycles. The van der Waals surface area contributed by atoms with Crippen molar-refractivity contribution in [2.24, 2.45) is 0 Å². The van der Waals surface area contributed by atoms with E-state index in [0.29, 0.717) is 18.6 Å². The predicted octanol–water partition coefficient (Wildman–Crippen LogP) is 3.07. The van der Waals surface area contributed by atoms with Crippen molar-refractivity contribution < 1.29 is 34.6 Å². The minimum Gasteiger partial charge on any atom is -0.485 e. The van der Waals surface area contributed by atoms with Crippen LogP contribution < -0.4 is 4.74 Å². The maximum Gasteiger partial charge on any atom is 0.132 e. The van der Waals surface area contributed by atoms with E-state index in [4.69, 9.17) is 14.2 Å². The zero-order chi connectivity index (χ0) is 25.6. The fourth-order valence-electron chi connectivity index (χ4n) is 4.80. The molecule has 0 radical (unpaired) electrons. The van der Waals surface area contributed by atoms with Crippen molar-refractivity contribution in [1.29, 1.82) is 0 Å². The second-order valence-electron chi connectivity index (χ2n) is 9.58. The molecule has 1 unspecified atom stereocenters. The van der Waals surface area contributed by atoms with Crippen molar-refractivity contribution in [2.75, 3.05) is 20.3 Å². The monoisotopic (exact) mass is 488 g/mol. The van der Waals surface area contributed by atoms with Gasteiger partial charge in [0.05, 0.1) is 13.2 Å². The third-order valence-electron chi connectivity index (χ3n) is 7.00. The van der Waals surface area contributed by atoms with Gasteiger partial charge >= 0.3 is 0 Å². The number of aliphatic hydroxyl groups excluding tert-OH is 4. The molecule has 194 valence electrons. The Morgan fingerprint density at radius 3 is 2.29 bits per heavy atom. The van der Waals surface area contributed by atoms with Gasteiger partial charge in [-0.05, 0) is 60.6 Å². The first-order valence-corrected chi connectivity index (χ1v) is 12.4. The first-order chi connectivity index (χ1) is 16.8. The third kappa shape index (κ3) is 6.42. The Kier molecular flexibility index (Phi) is 9.69. The number of rotatable bonds is 11. The lowest BCUT2D eigenvalue weighted by atomic mass is 9.89. The van der Waals surface area contributed by atoms with Crippen molar-refractivity contribution in [2.45, 2.75) is 82.6 Å². The average Bonchev–Trinajstić information content (AvgIpc) is 2.86. The number of benzene rings is 2. The number of ether oxygens (including phenoxy) is 3. The van der Waals surface area contributed by atoms with Gasteiger partial charge in [-0.25, -0.2) is 0 Å². The minimum atomic E-state index is -1.40. The molecule has 0 amide bonds. The van der Waals surface area contributed by atoms with Crippen LogP contribution >= 0.6 is 0 Å². The van der Waals surface area contributed by atoms with Crippen LogP contribution in [0.4, 0.5) is 0 Å². The Labute approximate surface area is 208 Å². The topological polar surface area (TPSA) is 109 Å². The Balaban J connectivity index is 1.77. The quantitative estimate of drug-likeness (QED) is 0.385. The molecule has 35 heavy (non-hydrogen) atoms. The molecule has 0 bridgehead atoms. The number of aryl methyl sites for hydroxylation is 1. The van der Waals surface area contributed by atoms with E-state index < -0.39 is 37.1 Å². The highest BCUT2D eigenvalue weighted by molar-refractivity contribution is 5.38. The second kappa shape index (κ2) is 12.3. The molecule has 6 atom stereocenters. The molecule has 7 heteroatoms. The molecule has 3 rings (SSSR count). The first-order valence-electron chi connectivity index (χ1n) is 12.4. The molecule has 0 spiro atoms. The molecule has 1 fully saturated rings. The SMILES string of the molecule is CCCC(CC)(COC)Oc1ccc(Cc2cc([C@@H]3O[C@H](CO)[C@@H](O)[C@H](O)[C@H]3O)ccc2C)cc1. The van der Waals surface area contributed by atoms with E-state index in [-0.39, 0.29) is 5.60 Å². The standard InChI is InChI=1S/C28H40O7/c1-5-13-28(6-2,17-33-4)35-22-11-8-19(9-12-22)14-21-15-20(10-7-18(21)3)27-26(32)25(31)24(30)23(16-29)34-27/h7-12,15,23-27,29-32H,5-6,13-14,16-17H2,1-4H3/t23-,24-,25+,26-,27+,28?/m1/s1. The van der Waals surface area contributed by atoms with Crippen molar-refractivity contribution in [1.82, 2.24) is 0 Å². The third-order valence-corrected chi connectivity index (χ3v) is 7.00. The van der Waals surface area contributed by atoms with Crippen molar-refractivity contribution in [3.8, 4) is 5.75 Å². The van der Waals surface area contributed by atoms with E-state index in [0.717, 1.165) is 41.7 Å². The summed E-state index contributed by atoms with van der Waals surface area (Å²) in [5.74, 6) is 0.813. The summed E-state index contributed by atoms with van der Waals surface area (Å²) >= 11 is 0. The first kappa shape index (κ1) is 27.6. The highest BCUT2D eigenvalue weighted by atomic mass is 16.5. The van der Waals surface area contributed by atoms with E-state index in [1.165, 1.54) is 0 Å². The predicted molar refractivity (Wildman–Crippen MR) is 134 cm³/mol. The molecule has 0 aliphatic carbocycles. The highest BCUT2D eigenvalue weighted by Gasteiger charge is 2.44. The molecule has 2 aromatic carbocycles. The van der Waals surface area contributed by atoms with Crippen LogP contribution in [0.3, 0.4) is 0 Å². The minimum absolute atomic E-state index is 0.332. The summed E-state index contributed by atoms with van der Waals surface area (Å²) in [6, 6.07) is 13.8. The van der Waals surface area contributed by atoms with Gasteiger partial charge in [-0.3, -0.25) is 0 Å². The molecular formula is C28H40O7. The summed E-state index contributed by atoms with van der Waals surface area (Å²) in [5.41, 5.74) is 3.61. The maximum absolute atomic E-state index is 10.5. The molecule has 2 aromatic rings. The molecule has 1 heterocycles. The van der Waals surface area contributed by atoms with Crippen LogP contribution in [0.15, 0.2) is 42.5 Å². The Morgan fingerprint density at radius 2 is 1.69 bits per heavy atom.